The Hall–Kier alpha value is -0.620. The van der Waals surface area contributed by atoms with Crippen LogP contribution >= 0.6 is 0 Å². The zero-order chi connectivity index (χ0) is 11.5. The molecule has 0 aliphatic carbocycles. The normalized spacial score (nSPS) is 14.1. The molecule has 0 amide bonds. The molecule has 0 spiro atoms. The number of rotatable bonds is 9. The summed E-state index contributed by atoms with van der Waals surface area (Å²) < 4.78 is 11.0. The average molecular weight is 235 g/mol. The molecule has 5 nitrogen and oxygen atoms in total. The van der Waals surface area contributed by atoms with Crippen LogP contribution in [0.5, 0.6) is 0 Å². The van der Waals surface area contributed by atoms with Crippen LogP contribution in [-0.2, 0) is 10.8 Å². The molecule has 0 aromatic carbocycles. The Bertz CT molecular complexity index is 210. The number of nitrogens with two attached hydrogens (primary N) is 1. The Labute approximate surface area is 93.6 Å². The summed E-state index contributed by atoms with van der Waals surface area (Å²) in [4.78, 5) is 0. The van der Waals surface area contributed by atoms with E-state index < -0.39 is 10.8 Å². The topological polar surface area (TPSA) is 87.7 Å². The number of hydrogen-bond donors (Lipinski definition) is 3. The summed E-state index contributed by atoms with van der Waals surface area (Å²) in [6.07, 6.45) is 2.51. The first-order valence-electron chi connectivity index (χ1n) is 5.22. The third kappa shape index (κ3) is 9.68. The molecule has 0 bridgehead atoms. The lowest BCUT2D eigenvalue weighted by atomic mass is 10.2. The second kappa shape index (κ2) is 9.92. The summed E-state index contributed by atoms with van der Waals surface area (Å²) in [6.45, 7) is 3.61. The van der Waals surface area contributed by atoms with Crippen LogP contribution in [0.3, 0.4) is 0 Å². The lowest BCUT2D eigenvalue weighted by Crippen LogP contribution is -2.22. The lowest BCUT2D eigenvalue weighted by Gasteiger charge is -2.03. The van der Waals surface area contributed by atoms with Crippen LogP contribution in [0.2, 0.25) is 0 Å². The summed E-state index contributed by atoms with van der Waals surface area (Å²) in [7, 11) is -0.678. The quantitative estimate of drug-likeness (QED) is 0.176. The van der Waals surface area contributed by atoms with E-state index in [-0.39, 0.29) is 5.84 Å². The van der Waals surface area contributed by atoms with Gasteiger partial charge in [0.05, 0.1) is 0 Å². The van der Waals surface area contributed by atoms with Crippen molar-refractivity contribution in [3.63, 3.8) is 0 Å². The Morgan fingerprint density at radius 2 is 2.20 bits per heavy atom. The van der Waals surface area contributed by atoms with E-state index in [0.29, 0.717) is 6.42 Å². The minimum Gasteiger partial charge on any atom is -0.409 e. The molecule has 1 atom stereocenters. The van der Waals surface area contributed by atoms with Crippen molar-refractivity contribution < 1.29 is 9.42 Å². The van der Waals surface area contributed by atoms with Crippen molar-refractivity contribution >= 4 is 16.6 Å². The maximum atomic E-state index is 11.0. The molecule has 90 valence electrons. The SMILES string of the molecule is CCS(=O)CCNCCCCC(N)=NO. The molecule has 0 aromatic heterocycles. The molecular formula is C9H21N3O2S. The van der Waals surface area contributed by atoms with Gasteiger partial charge in [-0.2, -0.15) is 0 Å². The summed E-state index contributed by atoms with van der Waals surface area (Å²) in [6, 6.07) is 0. The maximum absolute atomic E-state index is 11.0. The third-order valence-corrected chi connectivity index (χ3v) is 3.30. The molecule has 0 rings (SSSR count). The van der Waals surface area contributed by atoms with Gasteiger partial charge in [0, 0.05) is 35.3 Å². The van der Waals surface area contributed by atoms with Crippen LogP contribution < -0.4 is 11.1 Å². The Morgan fingerprint density at radius 1 is 1.47 bits per heavy atom. The van der Waals surface area contributed by atoms with E-state index in [4.69, 9.17) is 10.9 Å². The van der Waals surface area contributed by atoms with Gasteiger partial charge in [-0.15, -0.1) is 0 Å². The van der Waals surface area contributed by atoms with Gasteiger partial charge in [-0.25, -0.2) is 0 Å². The van der Waals surface area contributed by atoms with E-state index in [1.807, 2.05) is 6.92 Å². The highest BCUT2D eigenvalue weighted by molar-refractivity contribution is 7.84. The van der Waals surface area contributed by atoms with Gasteiger partial charge in [0.2, 0.25) is 0 Å². The summed E-state index contributed by atoms with van der Waals surface area (Å²) >= 11 is 0. The summed E-state index contributed by atoms with van der Waals surface area (Å²) in [5.41, 5.74) is 5.31. The molecule has 0 aromatic rings. The first kappa shape index (κ1) is 14.4. The fourth-order valence-electron chi connectivity index (χ4n) is 1.06. The monoisotopic (exact) mass is 235 g/mol. The van der Waals surface area contributed by atoms with Gasteiger partial charge in [-0.1, -0.05) is 12.1 Å². The van der Waals surface area contributed by atoms with Crippen molar-refractivity contribution in [2.75, 3.05) is 24.6 Å². The molecule has 0 radical (unpaired) electrons. The standard InChI is InChI=1S/C9H21N3O2S/c1-2-15(14)8-7-11-6-4-3-5-9(10)12-13/h11,13H,2-8H2,1H3,(H2,10,12). The molecule has 15 heavy (non-hydrogen) atoms. The van der Waals surface area contributed by atoms with E-state index in [0.717, 1.165) is 37.4 Å². The molecule has 1 unspecified atom stereocenters. The number of unbranched alkanes of at least 4 members (excludes halogenated alkanes) is 1. The number of amidine groups is 1. The number of nitrogens with one attached hydrogen (secondary N) is 1. The molecule has 0 fully saturated rings. The highest BCUT2D eigenvalue weighted by Gasteiger charge is 1.96. The van der Waals surface area contributed by atoms with E-state index >= 15 is 0 Å². The number of nitrogens with zero attached hydrogens (tertiary/aromatic N) is 1. The lowest BCUT2D eigenvalue weighted by molar-refractivity contribution is 0.316. The van der Waals surface area contributed by atoms with Crippen LogP contribution in [0.15, 0.2) is 5.16 Å². The molecule has 0 aliphatic heterocycles. The van der Waals surface area contributed by atoms with Gasteiger partial charge in [-0.3, -0.25) is 4.21 Å². The first-order valence-corrected chi connectivity index (χ1v) is 6.71. The number of hydrogen-bond acceptors (Lipinski definition) is 4. The molecular weight excluding hydrogens is 214 g/mol. The van der Waals surface area contributed by atoms with Gasteiger partial charge in [0.25, 0.3) is 0 Å². The first-order chi connectivity index (χ1) is 7.20. The van der Waals surface area contributed by atoms with Gasteiger partial charge in [-0.05, 0) is 19.4 Å². The van der Waals surface area contributed by atoms with Crippen LogP contribution in [0.25, 0.3) is 0 Å². The number of oxime groups is 1. The van der Waals surface area contributed by atoms with Crippen LogP contribution in [0.1, 0.15) is 26.2 Å². The fourth-order valence-corrected chi connectivity index (χ4v) is 1.72. The largest absolute Gasteiger partial charge is 0.409 e. The van der Waals surface area contributed by atoms with E-state index in [2.05, 4.69) is 10.5 Å². The molecule has 6 heteroatoms. The average Bonchev–Trinajstić information content (AvgIpc) is 2.26. The fraction of sp³-hybridized carbons (Fsp3) is 0.889. The van der Waals surface area contributed by atoms with Crippen molar-refractivity contribution in [2.45, 2.75) is 26.2 Å². The molecule has 0 aliphatic rings. The minimum absolute atomic E-state index is 0.280. The molecule has 0 saturated heterocycles. The van der Waals surface area contributed by atoms with Crippen molar-refractivity contribution in [3.05, 3.63) is 0 Å². The van der Waals surface area contributed by atoms with Gasteiger partial charge < -0.3 is 16.3 Å². The maximum Gasteiger partial charge on any atom is 0.139 e. The highest BCUT2D eigenvalue weighted by Crippen LogP contribution is 1.93. The Morgan fingerprint density at radius 3 is 2.80 bits per heavy atom. The Kier molecular flexibility index (Phi) is 9.51. The predicted octanol–water partition coefficient (Wildman–Crippen LogP) is 0.261. The predicted molar refractivity (Wildman–Crippen MR) is 63.7 cm³/mol. The Balaban J connectivity index is 3.15. The minimum atomic E-state index is -0.678. The molecule has 4 N–H and O–H groups in total. The van der Waals surface area contributed by atoms with Gasteiger partial charge in [0.15, 0.2) is 0 Å². The molecule has 0 saturated carbocycles. The van der Waals surface area contributed by atoms with Gasteiger partial charge >= 0.3 is 0 Å². The molecule has 0 heterocycles. The van der Waals surface area contributed by atoms with E-state index in [1.54, 1.807) is 0 Å². The van der Waals surface area contributed by atoms with Crippen molar-refractivity contribution in [2.24, 2.45) is 10.9 Å². The van der Waals surface area contributed by atoms with Gasteiger partial charge in [0.1, 0.15) is 5.84 Å². The summed E-state index contributed by atoms with van der Waals surface area (Å²) in [5, 5.41) is 14.4. The van der Waals surface area contributed by atoms with Crippen LogP contribution in [0, 0.1) is 0 Å². The van der Waals surface area contributed by atoms with Crippen molar-refractivity contribution in [1.29, 1.82) is 0 Å². The van der Waals surface area contributed by atoms with E-state index in [1.165, 1.54) is 0 Å². The second-order valence-electron chi connectivity index (χ2n) is 3.23. The third-order valence-electron chi connectivity index (χ3n) is 1.99. The smallest absolute Gasteiger partial charge is 0.139 e. The zero-order valence-corrected chi connectivity index (χ0v) is 10.1. The van der Waals surface area contributed by atoms with Crippen LogP contribution in [0.4, 0.5) is 0 Å². The second-order valence-corrected chi connectivity index (χ2v) is 5.10. The van der Waals surface area contributed by atoms with Crippen molar-refractivity contribution in [1.82, 2.24) is 5.32 Å². The summed E-state index contributed by atoms with van der Waals surface area (Å²) in [5.74, 6) is 1.73. The van der Waals surface area contributed by atoms with E-state index in [9.17, 15) is 4.21 Å². The highest BCUT2D eigenvalue weighted by atomic mass is 32.2. The van der Waals surface area contributed by atoms with Crippen molar-refractivity contribution in [3.8, 4) is 0 Å². The zero-order valence-electron chi connectivity index (χ0n) is 9.24. The van der Waals surface area contributed by atoms with Crippen LogP contribution in [-0.4, -0.2) is 39.8 Å².